The van der Waals surface area contributed by atoms with Crippen molar-refractivity contribution in [1.82, 2.24) is 4.90 Å². The first-order chi connectivity index (χ1) is 12.0. The van der Waals surface area contributed by atoms with Gasteiger partial charge in [-0.25, -0.2) is 0 Å². The Bertz CT molecular complexity index is 745. The smallest absolute Gasteiger partial charge is 0.308 e. The molecule has 25 heavy (non-hydrogen) atoms. The zero-order valence-electron chi connectivity index (χ0n) is 14.1. The average Bonchev–Trinajstić information content (AvgIpc) is 3.07. The standard InChI is InChI=1S/C20H21NO3S/c1-14-7-9-16(10-8-14)25-13-19(22)21-11-17(18(12-21)20(23)24)15-5-3-2-4-6-15/h2-10,17-18H,11-13H2,1H3,(H,23,24)/t17-,18-/m0/s1. The summed E-state index contributed by atoms with van der Waals surface area (Å²) in [5.74, 6) is -1.20. The summed E-state index contributed by atoms with van der Waals surface area (Å²) in [6.45, 7) is 2.77. The maximum Gasteiger partial charge on any atom is 0.308 e. The predicted molar refractivity (Wildman–Crippen MR) is 98.8 cm³/mol. The maximum absolute atomic E-state index is 12.5. The molecule has 1 amide bonds. The fourth-order valence-electron chi connectivity index (χ4n) is 3.17. The van der Waals surface area contributed by atoms with E-state index < -0.39 is 11.9 Å². The Morgan fingerprint density at radius 3 is 2.40 bits per heavy atom. The van der Waals surface area contributed by atoms with Gasteiger partial charge in [-0.1, -0.05) is 48.0 Å². The first-order valence-corrected chi connectivity index (χ1v) is 9.28. The van der Waals surface area contributed by atoms with Crippen LogP contribution in [-0.2, 0) is 9.59 Å². The fourth-order valence-corrected chi connectivity index (χ4v) is 3.97. The third-order valence-corrected chi connectivity index (χ3v) is 5.60. The molecule has 0 aromatic heterocycles. The van der Waals surface area contributed by atoms with Crippen molar-refractivity contribution >= 4 is 23.6 Å². The summed E-state index contributed by atoms with van der Waals surface area (Å²) in [5.41, 5.74) is 2.17. The summed E-state index contributed by atoms with van der Waals surface area (Å²) in [6, 6.07) is 17.7. The summed E-state index contributed by atoms with van der Waals surface area (Å²) in [5, 5.41) is 9.54. The van der Waals surface area contributed by atoms with E-state index in [9.17, 15) is 14.7 Å². The summed E-state index contributed by atoms with van der Waals surface area (Å²) in [6.07, 6.45) is 0. The molecule has 1 heterocycles. The van der Waals surface area contributed by atoms with Crippen LogP contribution in [0.1, 0.15) is 17.0 Å². The number of aryl methyl sites for hydroxylation is 1. The lowest BCUT2D eigenvalue weighted by Crippen LogP contribution is -2.31. The predicted octanol–water partition coefficient (Wildman–Crippen LogP) is 3.41. The molecule has 4 nitrogen and oxygen atoms in total. The van der Waals surface area contributed by atoms with Gasteiger partial charge < -0.3 is 10.0 Å². The number of carboxylic acids is 1. The van der Waals surface area contributed by atoms with Crippen LogP contribution in [0.5, 0.6) is 0 Å². The second kappa shape index (κ2) is 7.74. The van der Waals surface area contributed by atoms with E-state index in [0.29, 0.717) is 12.3 Å². The minimum Gasteiger partial charge on any atom is -0.481 e. The number of aliphatic carboxylic acids is 1. The van der Waals surface area contributed by atoms with E-state index in [2.05, 4.69) is 0 Å². The van der Waals surface area contributed by atoms with Crippen molar-refractivity contribution in [3.63, 3.8) is 0 Å². The highest BCUT2D eigenvalue weighted by atomic mass is 32.2. The molecule has 1 saturated heterocycles. The molecule has 0 aliphatic carbocycles. The minimum atomic E-state index is -0.838. The monoisotopic (exact) mass is 355 g/mol. The van der Waals surface area contributed by atoms with Crippen molar-refractivity contribution in [1.29, 1.82) is 0 Å². The van der Waals surface area contributed by atoms with Crippen LogP contribution in [0.25, 0.3) is 0 Å². The first-order valence-electron chi connectivity index (χ1n) is 8.29. The van der Waals surface area contributed by atoms with Gasteiger partial charge in [0.25, 0.3) is 0 Å². The van der Waals surface area contributed by atoms with Gasteiger partial charge in [-0.3, -0.25) is 9.59 Å². The number of nitrogens with zero attached hydrogens (tertiary/aromatic N) is 1. The van der Waals surface area contributed by atoms with Gasteiger partial charge in [0.2, 0.25) is 5.91 Å². The molecule has 1 fully saturated rings. The van der Waals surface area contributed by atoms with Crippen LogP contribution >= 0.6 is 11.8 Å². The SMILES string of the molecule is Cc1ccc(SCC(=O)N2C[C@H](C(=O)O)[C@H](c3ccccc3)C2)cc1. The molecule has 0 saturated carbocycles. The van der Waals surface area contributed by atoms with Crippen LogP contribution < -0.4 is 0 Å². The van der Waals surface area contributed by atoms with E-state index in [1.54, 1.807) is 4.90 Å². The summed E-state index contributed by atoms with van der Waals surface area (Å²) < 4.78 is 0. The normalized spacial score (nSPS) is 19.8. The van der Waals surface area contributed by atoms with Crippen LogP contribution in [0, 0.1) is 12.8 Å². The van der Waals surface area contributed by atoms with E-state index in [-0.39, 0.29) is 18.4 Å². The van der Waals surface area contributed by atoms with Gasteiger partial charge in [-0.05, 0) is 24.6 Å². The highest BCUT2D eigenvalue weighted by Gasteiger charge is 2.40. The quantitative estimate of drug-likeness (QED) is 0.835. The Labute approximate surface area is 151 Å². The van der Waals surface area contributed by atoms with Gasteiger partial charge in [0.1, 0.15) is 0 Å². The largest absolute Gasteiger partial charge is 0.481 e. The average molecular weight is 355 g/mol. The summed E-state index contributed by atoms with van der Waals surface area (Å²) >= 11 is 1.49. The Morgan fingerprint density at radius 1 is 1.08 bits per heavy atom. The number of hydrogen-bond acceptors (Lipinski definition) is 3. The lowest BCUT2D eigenvalue weighted by Gasteiger charge is -2.16. The number of hydrogen-bond donors (Lipinski definition) is 1. The van der Waals surface area contributed by atoms with Crippen molar-refractivity contribution < 1.29 is 14.7 Å². The number of likely N-dealkylation sites (tertiary alicyclic amines) is 1. The van der Waals surface area contributed by atoms with Gasteiger partial charge in [0, 0.05) is 23.9 Å². The zero-order valence-corrected chi connectivity index (χ0v) is 14.9. The fraction of sp³-hybridized carbons (Fsp3) is 0.300. The number of rotatable bonds is 5. The lowest BCUT2D eigenvalue weighted by atomic mass is 9.89. The van der Waals surface area contributed by atoms with E-state index in [4.69, 9.17) is 0 Å². The van der Waals surface area contributed by atoms with Crippen LogP contribution in [0.2, 0.25) is 0 Å². The molecule has 0 radical (unpaired) electrons. The van der Waals surface area contributed by atoms with E-state index >= 15 is 0 Å². The number of carbonyl (C=O) groups excluding carboxylic acids is 1. The second-order valence-corrected chi connectivity index (χ2v) is 7.41. The zero-order chi connectivity index (χ0) is 17.8. The second-order valence-electron chi connectivity index (χ2n) is 6.36. The van der Waals surface area contributed by atoms with Gasteiger partial charge in [-0.2, -0.15) is 0 Å². The molecular formula is C20H21NO3S. The number of carboxylic acid groups (broad SMARTS) is 1. The topological polar surface area (TPSA) is 57.6 Å². The van der Waals surface area contributed by atoms with Gasteiger partial charge >= 0.3 is 5.97 Å². The van der Waals surface area contributed by atoms with Crippen molar-refractivity contribution in [3.05, 3.63) is 65.7 Å². The van der Waals surface area contributed by atoms with Gasteiger partial charge in [-0.15, -0.1) is 11.8 Å². The molecule has 1 aliphatic rings. The molecule has 0 bridgehead atoms. The van der Waals surface area contributed by atoms with Crippen LogP contribution in [0.15, 0.2) is 59.5 Å². The molecule has 0 unspecified atom stereocenters. The number of carbonyl (C=O) groups is 2. The maximum atomic E-state index is 12.5. The first kappa shape index (κ1) is 17.5. The molecule has 3 rings (SSSR count). The minimum absolute atomic E-state index is 0.00439. The summed E-state index contributed by atoms with van der Waals surface area (Å²) in [4.78, 5) is 26.9. The van der Waals surface area contributed by atoms with E-state index in [1.807, 2.05) is 61.5 Å². The van der Waals surface area contributed by atoms with Crippen molar-refractivity contribution in [2.45, 2.75) is 17.7 Å². The van der Waals surface area contributed by atoms with E-state index in [0.717, 1.165) is 10.5 Å². The molecule has 1 N–H and O–H groups in total. The Balaban J connectivity index is 1.65. The third-order valence-electron chi connectivity index (χ3n) is 4.60. The molecule has 2 aromatic carbocycles. The number of amides is 1. The Kier molecular flexibility index (Phi) is 5.43. The molecule has 2 aromatic rings. The number of benzene rings is 2. The summed E-state index contributed by atoms with van der Waals surface area (Å²) in [7, 11) is 0. The number of thioether (sulfide) groups is 1. The molecule has 2 atom stereocenters. The van der Waals surface area contributed by atoms with Gasteiger partial charge in [0.05, 0.1) is 11.7 Å². The van der Waals surface area contributed by atoms with E-state index in [1.165, 1.54) is 17.3 Å². The Hall–Kier alpha value is -2.27. The van der Waals surface area contributed by atoms with Crippen LogP contribution in [0.3, 0.4) is 0 Å². The van der Waals surface area contributed by atoms with Crippen LogP contribution in [-0.4, -0.2) is 40.7 Å². The molecule has 1 aliphatic heterocycles. The Morgan fingerprint density at radius 2 is 1.76 bits per heavy atom. The van der Waals surface area contributed by atoms with Crippen molar-refractivity contribution in [3.8, 4) is 0 Å². The van der Waals surface area contributed by atoms with Crippen molar-refractivity contribution in [2.24, 2.45) is 5.92 Å². The molecular weight excluding hydrogens is 334 g/mol. The lowest BCUT2D eigenvalue weighted by molar-refractivity contribution is -0.141. The molecule has 5 heteroatoms. The van der Waals surface area contributed by atoms with Crippen LogP contribution in [0.4, 0.5) is 0 Å². The third kappa shape index (κ3) is 4.23. The molecule has 130 valence electrons. The molecule has 0 spiro atoms. The highest BCUT2D eigenvalue weighted by Crippen LogP contribution is 2.33. The van der Waals surface area contributed by atoms with Crippen molar-refractivity contribution in [2.75, 3.05) is 18.8 Å². The van der Waals surface area contributed by atoms with Gasteiger partial charge in [0.15, 0.2) is 0 Å². The highest BCUT2D eigenvalue weighted by molar-refractivity contribution is 8.00.